The van der Waals surface area contributed by atoms with Crippen molar-refractivity contribution in [1.29, 1.82) is 0 Å². The molecule has 0 saturated heterocycles. The number of Topliss-reactive ketones (excluding diaryl/α,β-unsaturated/α-hetero) is 1. The van der Waals surface area contributed by atoms with E-state index in [4.69, 9.17) is 9.47 Å². The molecule has 0 aliphatic carbocycles. The molecule has 0 heterocycles. The van der Waals surface area contributed by atoms with Crippen LogP contribution in [0.15, 0.2) is 67.3 Å². The molecule has 0 unspecified atom stereocenters. The van der Waals surface area contributed by atoms with E-state index in [1.807, 2.05) is 30.3 Å². The number of ether oxygens (including phenoxy) is 2. The van der Waals surface area contributed by atoms with Gasteiger partial charge in [-0.3, -0.25) is 9.69 Å². The number of benzene rings is 2. The van der Waals surface area contributed by atoms with E-state index in [1.54, 1.807) is 30.3 Å². The Labute approximate surface area is 147 Å². The molecule has 0 N–H and O–H groups in total. The lowest BCUT2D eigenvalue weighted by Gasteiger charge is -2.21. The number of hydrogen-bond donors (Lipinski definition) is 0. The molecule has 5 nitrogen and oxygen atoms in total. The van der Waals surface area contributed by atoms with Crippen LogP contribution in [0, 0.1) is 0 Å². The van der Waals surface area contributed by atoms with Gasteiger partial charge in [-0.05, 0) is 24.6 Å². The second-order valence-electron chi connectivity index (χ2n) is 5.43. The van der Waals surface area contributed by atoms with Crippen molar-refractivity contribution in [2.45, 2.75) is 13.5 Å². The average Bonchev–Trinajstić information content (AvgIpc) is 2.63. The van der Waals surface area contributed by atoms with Crippen LogP contribution in [-0.2, 0) is 16.1 Å². The van der Waals surface area contributed by atoms with Crippen molar-refractivity contribution in [3.8, 4) is 5.75 Å². The molecular weight excluding hydrogens is 318 g/mol. The first-order chi connectivity index (χ1) is 12.1. The molecule has 5 heteroatoms. The molecule has 0 fully saturated rings. The standard InChI is InChI=1S/C20H21NO4/c1-3-12-21(20(23)25-15-17-8-5-4-6-9-17)18-10-7-11-19(13-18)24-14-16(2)22/h3-11,13H,1,12,14-15H2,2H3. The lowest BCUT2D eigenvalue weighted by Crippen LogP contribution is -2.31. The van der Waals surface area contributed by atoms with Gasteiger partial charge in [-0.15, -0.1) is 6.58 Å². The molecule has 2 rings (SSSR count). The Morgan fingerprint density at radius 3 is 2.56 bits per heavy atom. The summed E-state index contributed by atoms with van der Waals surface area (Å²) in [6, 6.07) is 16.4. The van der Waals surface area contributed by atoms with Crippen LogP contribution >= 0.6 is 0 Å². The molecule has 1 amide bonds. The molecule has 0 aliphatic rings. The Kier molecular flexibility index (Phi) is 6.77. The highest BCUT2D eigenvalue weighted by Crippen LogP contribution is 2.22. The molecule has 0 saturated carbocycles. The number of anilines is 1. The third-order valence-electron chi connectivity index (χ3n) is 3.31. The third-order valence-corrected chi connectivity index (χ3v) is 3.31. The van der Waals surface area contributed by atoms with Crippen LogP contribution < -0.4 is 9.64 Å². The molecule has 0 spiro atoms. The molecule has 2 aromatic rings. The predicted molar refractivity (Wildman–Crippen MR) is 96.8 cm³/mol. The maximum Gasteiger partial charge on any atom is 0.414 e. The topological polar surface area (TPSA) is 55.8 Å². The summed E-state index contributed by atoms with van der Waals surface area (Å²) in [5.74, 6) is 0.438. The lowest BCUT2D eigenvalue weighted by atomic mass is 10.2. The average molecular weight is 339 g/mol. The van der Waals surface area contributed by atoms with Gasteiger partial charge in [0.1, 0.15) is 19.0 Å². The van der Waals surface area contributed by atoms with E-state index in [9.17, 15) is 9.59 Å². The molecule has 130 valence electrons. The van der Waals surface area contributed by atoms with E-state index in [0.717, 1.165) is 5.56 Å². The number of rotatable bonds is 8. The predicted octanol–water partition coefficient (Wildman–Crippen LogP) is 3.98. The van der Waals surface area contributed by atoms with Crippen molar-refractivity contribution in [3.63, 3.8) is 0 Å². The summed E-state index contributed by atoms with van der Waals surface area (Å²) < 4.78 is 10.8. The molecule has 0 aliphatic heterocycles. The molecule has 2 aromatic carbocycles. The van der Waals surface area contributed by atoms with E-state index >= 15 is 0 Å². The highest BCUT2D eigenvalue weighted by atomic mass is 16.6. The van der Waals surface area contributed by atoms with Crippen LogP contribution in [-0.4, -0.2) is 25.0 Å². The van der Waals surface area contributed by atoms with E-state index in [0.29, 0.717) is 18.0 Å². The van der Waals surface area contributed by atoms with Gasteiger partial charge in [-0.2, -0.15) is 0 Å². The lowest BCUT2D eigenvalue weighted by molar-refractivity contribution is -0.118. The highest BCUT2D eigenvalue weighted by molar-refractivity contribution is 5.88. The first kappa shape index (κ1) is 18.3. The molecular formula is C20H21NO4. The largest absolute Gasteiger partial charge is 0.486 e. The number of ketones is 1. The Balaban J connectivity index is 2.08. The number of hydrogen-bond acceptors (Lipinski definition) is 4. The van der Waals surface area contributed by atoms with Crippen molar-refractivity contribution >= 4 is 17.6 Å². The zero-order chi connectivity index (χ0) is 18.1. The van der Waals surface area contributed by atoms with Gasteiger partial charge in [0.15, 0.2) is 5.78 Å². The zero-order valence-electron chi connectivity index (χ0n) is 14.2. The fourth-order valence-corrected chi connectivity index (χ4v) is 2.14. The van der Waals surface area contributed by atoms with E-state index in [1.165, 1.54) is 11.8 Å². The van der Waals surface area contributed by atoms with Crippen molar-refractivity contribution in [2.24, 2.45) is 0 Å². The second-order valence-corrected chi connectivity index (χ2v) is 5.43. The van der Waals surface area contributed by atoms with Crippen molar-refractivity contribution < 1.29 is 19.1 Å². The number of amides is 1. The molecule has 0 bridgehead atoms. The molecule has 0 atom stereocenters. The van der Waals surface area contributed by atoms with Gasteiger partial charge in [0, 0.05) is 12.6 Å². The maximum atomic E-state index is 12.4. The first-order valence-electron chi connectivity index (χ1n) is 7.91. The number of carbonyl (C=O) groups excluding carboxylic acids is 2. The molecule has 0 aromatic heterocycles. The minimum Gasteiger partial charge on any atom is -0.486 e. The Bertz CT molecular complexity index is 727. The van der Waals surface area contributed by atoms with Gasteiger partial charge < -0.3 is 9.47 Å². The normalized spacial score (nSPS) is 9.96. The molecule has 25 heavy (non-hydrogen) atoms. The van der Waals surface area contributed by atoms with Crippen LogP contribution in [0.3, 0.4) is 0 Å². The summed E-state index contributed by atoms with van der Waals surface area (Å²) in [6.45, 7) is 5.61. The minimum absolute atomic E-state index is 0.0106. The summed E-state index contributed by atoms with van der Waals surface area (Å²) in [7, 11) is 0. The van der Waals surface area contributed by atoms with E-state index in [2.05, 4.69) is 6.58 Å². The van der Waals surface area contributed by atoms with Gasteiger partial charge >= 0.3 is 6.09 Å². The summed E-state index contributed by atoms with van der Waals surface area (Å²) in [6.07, 6.45) is 1.14. The number of nitrogens with zero attached hydrogens (tertiary/aromatic N) is 1. The van der Waals surface area contributed by atoms with Crippen LogP contribution in [0.2, 0.25) is 0 Å². The fourth-order valence-electron chi connectivity index (χ4n) is 2.14. The summed E-state index contributed by atoms with van der Waals surface area (Å²) in [5.41, 5.74) is 1.52. The van der Waals surface area contributed by atoms with Crippen LogP contribution in [0.25, 0.3) is 0 Å². The van der Waals surface area contributed by atoms with Crippen molar-refractivity contribution in [2.75, 3.05) is 18.1 Å². The fraction of sp³-hybridized carbons (Fsp3) is 0.200. The molecule has 0 radical (unpaired) electrons. The Hall–Kier alpha value is -3.08. The second kappa shape index (κ2) is 9.27. The highest BCUT2D eigenvalue weighted by Gasteiger charge is 2.16. The summed E-state index contributed by atoms with van der Waals surface area (Å²) in [5, 5.41) is 0. The SMILES string of the molecule is C=CCN(C(=O)OCc1ccccc1)c1cccc(OCC(C)=O)c1. The van der Waals surface area contributed by atoms with Gasteiger partial charge in [0.05, 0.1) is 5.69 Å². The summed E-state index contributed by atoms with van der Waals surface area (Å²) in [4.78, 5) is 24.9. The monoisotopic (exact) mass is 339 g/mol. The Morgan fingerprint density at radius 1 is 1.12 bits per heavy atom. The van der Waals surface area contributed by atoms with Crippen LogP contribution in [0.4, 0.5) is 10.5 Å². The van der Waals surface area contributed by atoms with Crippen LogP contribution in [0.5, 0.6) is 5.75 Å². The Morgan fingerprint density at radius 2 is 1.88 bits per heavy atom. The third kappa shape index (κ3) is 5.80. The van der Waals surface area contributed by atoms with Crippen LogP contribution in [0.1, 0.15) is 12.5 Å². The van der Waals surface area contributed by atoms with Gasteiger partial charge in [0.2, 0.25) is 0 Å². The smallest absolute Gasteiger partial charge is 0.414 e. The van der Waals surface area contributed by atoms with Gasteiger partial charge in [0.25, 0.3) is 0 Å². The first-order valence-corrected chi connectivity index (χ1v) is 7.91. The van der Waals surface area contributed by atoms with Crippen molar-refractivity contribution in [3.05, 3.63) is 72.8 Å². The number of carbonyl (C=O) groups is 2. The zero-order valence-corrected chi connectivity index (χ0v) is 14.2. The van der Waals surface area contributed by atoms with Crippen molar-refractivity contribution in [1.82, 2.24) is 0 Å². The quantitative estimate of drug-likeness (QED) is 0.683. The minimum atomic E-state index is -0.479. The van der Waals surface area contributed by atoms with E-state index in [-0.39, 0.29) is 19.0 Å². The summed E-state index contributed by atoms with van der Waals surface area (Å²) >= 11 is 0. The van der Waals surface area contributed by atoms with Gasteiger partial charge in [-0.1, -0.05) is 42.5 Å². The van der Waals surface area contributed by atoms with Gasteiger partial charge in [-0.25, -0.2) is 4.79 Å². The van der Waals surface area contributed by atoms with E-state index < -0.39 is 6.09 Å². The maximum absolute atomic E-state index is 12.4.